The van der Waals surface area contributed by atoms with Crippen molar-refractivity contribution in [2.75, 3.05) is 0 Å². The van der Waals surface area contributed by atoms with E-state index in [2.05, 4.69) is 34.6 Å². The summed E-state index contributed by atoms with van der Waals surface area (Å²) in [4.78, 5) is -0.0803. The van der Waals surface area contributed by atoms with Crippen LogP contribution in [0.4, 0.5) is 0 Å². The number of alkyl halides is 1. The van der Waals surface area contributed by atoms with Crippen molar-refractivity contribution >= 4 is 11.6 Å². The summed E-state index contributed by atoms with van der Waals surface area (Å²) in [5, 5.41) is 0. The fourth-order valence-electron chi connectivity index (χ4n) is 0.922. The van der Waals surface area contributed by atoms with Crippen molar-refractivity contribution in [2.45, 2.75) is 52.3 Å². The molecular formula is C9H19Cl. The standard InChI is InChI=1S/C9H19Cl/c1-6-7-8(2,3)9(4,5)10/h6-7H2,1-5H3. The highest BCUT2D eigenvalue weighted by atomic mass is 35.5. The Morgan fingerprint density at radius 1 is 1.10 bits per heavy atom. The number of hydrogen-bond donors (Lipinski definition) is 0. The predicted octanol–water partition coefficient (Wildman–Crippen LogP) is 3.83. The molecule has 0 aromatic heterocycles. The summed E-state index contributed by atoms with van der Waals surface area (Å²) in [6.45, 7) is 10.8. The summed E-state index contributed by atoms with van der Waals surface area (Å²) in [5.41, 5.74) is 0.253. The Hall–Kier alpha value is 0.290. The Balaban J connectivity index is 4.10. The monoisotopic (exact) mass is 162 g/mol. The van der Waals surface area contributed by atoms with Gasteiger partial charge in [0, 0.05) is 4.87 Å². The van der Waals surface area contributed by atoms with Crippen LogP contribution in [0.2, 0.25) is 0 Å². The zero-order valence-electron chi connectivity index (χ0n) is 7.79. The van der Waals surface area contributed by atoms with Crippen LogP contribution in [-0.2, 0) is 0 Å². The van der Waals surface area contributed by atoms with Gasteiger partial charge in [0.25, 0.3) is 0 Å². The molecule has 1 heteroatoms. The summed E-state index contributed by atoms with van der Waals surface area (Å²) in [5.74, 6) is 0. The Labute approximate surface area is 70.0 Å². The quantitative estimate of drug-likeness (QED) is 0.554. The molecule has 0 amide bonds. The topological polar surface area (TPSA) is 0 Å². The van der Waals surface area contributed by atoms with E-state index in [0.29, 0.717) is 0 Å². The molecule has 0 aromatic carbocycles. The normalized spacial score (nSPS) is 13.8. The highest BCUT2D eigenvalue weighted by molar-refractivity contribution is 6.23. The van der Waals surface area contributed by atoms with Crippen LogP contribution in [0.3, 0.4) is 0 Å². The van der Waals surface area contributed by atoms with Gasteiger partial charge in [0.1, 0.15) is 0 Å². The van der Waals surface area contributed by atoms with Gasteiger partial charge in [0.15, 0.2) is 0 Å². The molecule has 0 aliphatic heterocycles. The number of rotatable bonds is 3. The second-order valence-electron chi connectivity index (χ2n) is 4.11. The Morgan fingerprint density at radius 3 is 1.60 bits per heavy atom. The van der Waals surface area contributed by atoms with E-state index >= 15 is 0 Å². The molecule has 0 bridgehead atoms. The Bertz CT molecular complexity index is 97.8. The van der Waals surface area contributed by atoms with Crippen molar-refractivity contribution in [3.8, 4) is 0 Å². The van der Waals surface area contributed by atoms with E-state index in [1.54, 1.807) is 0 Å². The molecular weight excluding hydrogens is 144 g/mol. The number of halogens is 1. The lowest BCUT2D eigenvalue weighted by Crippen LogP contribution is -2.33. The molecule has 0 N–H and O–H groups in total. The zero-order valence-corrected chi connectivity index (χ0v) is 8.55. The van der Waals surface area contributed by atoms with Crippen molar-refractivity contribution in [3.05, 3.63) is 0 Å². The van der Waals surface area contributed by atoms with E-state index in [1.807, 2.05) is 0 Å². The SMILES string of the molecule is CCCC(C)(C)C(C)(C)Cl. The second-order valence-corrected chi connectivity index (χ2v) is 5.05. The molecule has 0 nitrogen and oxygen atoms in total. The minimum atomic E-state index is -0.0803. The molecule has 0 aliphatic carbocycles. The predicted molar refractivity (Wildman–Crippen MR) is 48.6 cm³/mol. The molecule has 0 aliphatic rings. The first-order valence-electron chi connectivity index (χ1n) is 4.00. The van der Waals surface area contributed by atoms with Crippen LogP contribution >= 0.6 is 11.6 Å². The minimum absolute atomic E-state index is 0.0803. The highest BCUT2D eigenvalue weighted by Crippen LogP contribution is 2.39. The number of hydrogen-bond acceptors (Lipinski definition) is 0. The van der Waals surface area contributed by atoms with E-state index in [4.69, 9.17) is 11.6 Å². The minimum Gasteiger partial charge on any atom is -0.119 e. The van der Waals surface area contributed by atoms with Crippen molar-refractivity contribution in [1.29, 1.82) is 0 Å². The molecule has 10 heavy (non-hydrogen) atoms. The largest absolute Gasteiger partial charge is 0.119 e. The van der Waals surface area contributed by atoms with Gasteiger partial charge in [0.2, 0.25) is 0 Å². The average Bonchev–Trinajstić information content (AvgIpc) is 1.61. The van der Waals surface area contributed by atoms with E-state index in [-0.39, 0.29) is 10.3 Å². The van der Waals surface area contributed by atoms with E-state index < -0.39 is 0 Å². The van der Waals surface area contributed by atoms with Gasteiger partial charge in [0.05, 0.1) is 0 Å². The molecule has 0 fully saturated rings. The van der Waals surface area contributed by atoms with E-state index in [0.717, 1.165) is 0 Å². The van der Waals surface area contributed by atoms with Crippen molar-refractivity contribution < 1.29 is 0 Å². The van der Waals surface area contributed by atoms with Crippen LogP contribution in [0.15, 0.2) is 0 Å². The molecule has 0 aromatic rings. The summed E-state index contributed by atoms with van der Waals surface area (Å²) in [6.07, 6.45) is 2.41. The van der Waals surface area contributed by atoms with Crippen LogP contribution in [0, 0.1) is 5.41 Å². The van der Waals surface area contributed by atoms with Crippen LogP contribution in [0.25, 0.3) is 0 Å². The van der Waals surface area contributed by atoms with Gasteiger partial charge in [-0.15, -0.1) is 11.6 Å². The fourth-order valence-corrected chi connectivity index (χ4v) is 1.02. The van der Waals surface area contributed by atoms with Gasteiger partial charge in [-0.05, 0) is 25.7 Å². The smallest absolute Gasteiger partial charge is 0.0441 e. The van der Waals surface area contributed by atoms with Gasteiger partial charge < -0.3 is 0 Å². The first-order chi connectivity index (χ1) is 4.31. The highest BCUT2D eigenvalue weighted by Gasteiger charge is 2.33. The van der Waals surface area contributed by atoms with E-state index in [1.165, 1.54) is 12.8 Å². The van der Waals surface area contributed by atoms with E-state index in [9.17, 15) is 0 Å². The lowest BCUT2D eigenvalue weighted by atomic mass is 9.77. The van der Waals surface area contributed by atoms with Crippen LogP contribution in [-0.4, -0.2) is 4.87 Å². The molecule has 0 saturated heterocycles. The molecule has 0 atom stereocenters. The maximum Gasteiger partial charge on any atom is 0.0441 e. The molecule has 0 unspecified atom stereocenters. The van der Waals surface area contributed by atoms with Crippen molar-refractivity contribution in [1.82, 2.24) is 0 Å². The van der Waals surface area contributed by atoms with Crippen molar-refractivity contribution in [3.63, 3.8) is 0 Å². The Morgan fingerprint density at radius 2 is 1.50 bits per heavy atom. The second kappa shape index (κ2) is 3.13. The first kappa shape index (κ1) is 10.3. The van der Waals surface area contributed by atoms with Gasteiger partial charge >= 0.3 is 0 Å². The molecule has 0 spiro atoms. The molecule has 0 rings (SSSR count). The van der Waals surface area contributed by atoms with Crippen LogP contribution in [0.5, 0.6) is 0 Å². The van der Waals surface area contributed by atoms with Gasteiger partial charge in [-0.25, -0.2) is 0 Å². The molecule has 0 radical (unpaired) electrons. The van der Waals surface area contributed by atoms with Gasteiger partial charge in [-0.2, -0.15) is 0 Å². The van der Waals surface area contributed by atoms with Crippen LogP contribution in [0.1, 0.15) is 47.5 Å². The molecule has 0 heterocycles. The average molecular weight is 163 g/mol. The van der Waals surface area contributed by atoms with Gasteiger partial charge in [-0.1, -0.05) is 27.2 Å². The maximum absolute atomic E-state index is 6.20. The summed E-state index contributed by atoms with van der Waals surface area (Å²) in [7, 11) is 0. The lowest BCUT2D eigenvalue weighted by molar-refractivity contribution is 0.251. The fraction of sp³-hybridized carbons (Fsp3) is 1.00. The van der Waals surface area contributed by atoms with Crippen molar-refractivity contribution in [2.24, 2.45) is 5.41 Å². The van der Waals surface area contributed by atoms with Gasteiger partial charge in [-0.3, -0.25) is 0 Å². The summed E-state index contributed by atoms with van der Waals surface area (Å²) < 4.78 is 0. The lowest BCUT2D eigenvalue weighted by Gasteiger charge is -2.36. The summed E-state index contributed by atoms with van der Waals surface area (Å²) in [6, 6.07) is 0. The Kier molecular flexibility index (Phi) is 3.22. The third kappa shape index (κ3) is 2.49. The maximum atomic E-state index is 6.20. The zero-order chi connectivity index (χ0) is 8.41. The van der Waals surface area contributed by atoms with Crippen LogP contribution < -0.4 is 0 Å². The third-order valence-corrected chi connectivity index (χ3v) is 3.00. The summed E-state index contributed by atoms with van der Waals surface area (Å²) >= 11 is 6.20. The third-order valence-electron chi connectivity index (χ3n) is 2.48. The molecule has 0 saturated carbocycles. The first-order valence-corrected chi connectivity index (χ1v) is 4.38. The molecule has 62 valence electrons.